The molecular formula is C16H34N2. The predicted molar refractivity (Wildman–Crippen MR) is 81.0 cm³/mol. The molecule has 1 aliphatic carbocycles. The predicted octanol–water partition coefficient (Wildman–Crippen LogP) is 3.57. The molecule has 2 N–H and O–H groups in total. The van der Waals surface area contributed by atoms with Gasteiger partial charge in [-0.1, -0.05) is 26.7 Å². The number of hydrogen-bond donors (Lipinski definition) is 2. The summed E-state index contributed by atoms with van der Waals surface area (Å²) in [6, 6.07) is 0. The Morgan fingerprint density at radius 1 is 1.11 bits per heavy atom. The van der Waals surface area contributed by atoms with Crippen molar-refractivity contribution in [1.29, 1.82) is 0 Å². The van der Waals surface area contributed by atoms with Crippen LogP contribution in [0.4, 0.5) is 0 Å². The molecule has 2 nitrogen and oxygen atoms in total. The fourth-order valence-corrected chi connectivity index (χ4v) is 2.90. The normalized spacial score (nSPS) is 24.2. The fourth-order valence-electron chi connectivity index (χ4n) is 2.90. The maximum Gasteiger partial charge on any atom is 0.00965 e. The molecule has 0 bridgehead atoms. The van der Waals surface area contributed by atoms with Crippen molar-refractivity contribution in [2.45, 2.75) is 72.3 Å². The van der Waals surface area contributed by atoms with Crippen molar-refractivity contribution in [3.05, 3.63) is 0 Å². The standard InChI is InChI=1S/C16H34N2/c1-15(2,3)18-12-8-11-17-13-14-9-6-7-10-16(14,4)5/h14,17-18H,6-13H2,1-5H3. The zero-order chi connectivity index (χ0) is 13.6. The van der Waals surface area contributed by atoms with Crippen LogP contribution in [0.25, 0.3) is 0 Å². The topological polar surface area (TPSA) is 24.1 Å². The quantitative estimate of drug-likeness (QED) is 0.708. The highest BCUT2D eigenvalue weighted by Gasteiger charge is 2.31. The second-order valence-electron chi connectivity index (χ2n) is 7.67. The lowest BCUT2D eigenvalue weighted by Crippen LogP contribution is -2.39. The van der Waals surface area contributed by atoms with E-state index in [9.17, 15) is 0 Å². The zero-order valence-corrected chi connectivity index (χ0v) is 13.2. The molecule has 1 fully saturated rings. The fraction of sp³-hybridized carbons (Fsp3) is 1.00. The van der Waals surface area contributed by atoms with Gasteiger partial charge in [0.2, 0.25) is 0 Å². The van der Waals surface area contributed by atoms with Gasteiger partial charge in [0.1, 0.15) is 0 Å². The largest absolute Gasteiger partial charge is 0.316 e. The van der Waals surface area contributed by atoms with Crippen LogP contribution >= 0.6 is 0 Å². The number of hydrogen-bond acceptors (Lipinski definition) is 2. The van der Waals surface area contributed by atoms with E-state index in [1.54, 1.807) is 0 Å². The Morgan fingerprint density at radius 3 is 2.44 bits per heavy atom. The van der Waals surface area contributed by atoms with E-state index in [1.807, 2.05) is 0 Å². The third-order valence-corrected chi connectivity index (χ3v) is 4.31. The Balaban J connectivity index is 2.07. The van der Waals surface area contributed by atoms with Gasteiger partial charge < -0.3 is 10.6 Å². The molecule has 0 aromatic carbocycles. The first-order valence-electron chi connectivity index (χ1n) is 7.77. The summed E-state index contributed by atoms with van der Waals surface area (Å²) >= 11 is 0. The van der Waals surface area contributed by atoms with Gasteiger partial charge >= 0.3 is 0 Å². The first-order valence-corrected chi connectivity index (χ1v) is 7.77. The summed E-state index contributed by atoms with van der Waals surface area (Å²) in [6.45, 7) is 15.0. The average molecular weight is 254 g/mol. The van der Waals surface area contributed by atoms with Crippen molar-refractivity contribution in [2.24, 2.45) is 11.3 Å². The van der Waals surface area contributed by atoms with Gasteiger partial charge in [0.15, 0.2) is 0 Å². The van der Waals surface area contributed by atoms with Crippen molar-refractivity contribution >= 4 is 0 Å². The van der Waals surface area contributed by atoms with Crippen LogP contribution in [-0.4, -0.2) is 25.2 Å². The van der Waals surface area contributed by atoms with Gasteiger partial charge in [-0.3, -0.25) is 0 Å². The van der Waals surface area contributed by atoms with Gasteiger partial charge in [0, 0.05) is 5.54 Å². The third-order valence-electron chi connectivity index (χ3n) is 4.31. The number of rotatable bonds is 6. The van der Waals surface area contributed by atoms with E-state index in [4.69, 9.17) is 0 Å². The van der Waals surface area contributed by atoms with E-state index in [0.717, 1.165) is 19.0 Å². The Morgan fingerprint density at radius 2 is 1.83 bits per heavy atom. The molecular weight excluding hydrogens is 220 g/mol. The Hall–Kier alpha value is -0.0800. The maximum atomic E-state index is 3.66. The van der Waals surface area contributed by atoms with E-state index >= 15 is 0 Å². The van der Waals surface area contributed by atoms with Crippen molar-refractivity contribution in [1.82, 2.24) is 10.6 Å². The van der Waals surface area contributed by atoms with Gasteiger partial charge in [-0.15, -0.1) is 0 Å². The Bertz CT molecular complexity index is 228. The first-order chi connectivity index (χ1) is 8.31. The van der Waals surface area contributed by atoms with Crippen LogP contribution in [0.1, 0.15) is 66.7 Å². The monoisotopic (exact) mass is 254 g/mol. The molecule has 1 aliphatic rings. The van der Waals surface area contributed by atoms with Gasteiger partial charge in [0.25, 0.3) is 0 Å². The smallest absolute Gasteiger partial charge is 0.00965 e. The van der Waals surface area contributed by atoms with Crippen LogP contribution < -0.4 is 10.6 Å². The summed E-state index contributed by atoms with van der Waals surface area (Å²) in [5.41, 5.74) is 0.806. The second kappa shape index (κ2) is 6.91. The molecule has 0 spiro atoms. The highest BCUT2D eigenvalue weighted by atomic mass is 14.9. The maximum absolute atomic E-state index is 3.66. The minimum atomic E-state index is 0.255. The highest BCUT2D eigenvalue weighted by Crippen LogP contribution is 2.39. The van der Waals surface area contributed by atoms with Crippen LogP contribution in [0.2, 0.25) is 0 Å². The molecule has 1 saturated carbocycles. The molecule has 2 heteroatoms. The Kier molecular flexibility index (Phi) is 6.13. The van der Waals surface area contributed by atoms with Crippen molar-refractivity contribution < 1.29 is 0 Å². The van der Waals surface area contributed by atoms with E-state index in [-0.39, 0.29) is 5.54 Å². The van der Waals surface area contributed by atoms with Gasteiger partial charge in [-0.05, 0) is 71.0 Å². The van der Waals surface area contributed by atoms with Gasteiger partial charge in [0.05, 0.1) is 0 Å². The SMILES string of the molecule is CC(C)(C)NCCCNCC1CCCCC1(C)C. The van der Waals surface area contributed by atoms with Gasteiger partial charge in [-0.25, -0.2) is 0 Å². The zero-order valence-electron chi connectivity index (χ0n) is 13.2. The van der Waals surface area contributed by atoms with Crippen molar-refractivity contribution in [2.75, 3.05) is 19.6 Å². The molecule has 1 atom stereocenters. The summed E-state index contributed by atoms with van der Waals surface area (Å²) in [4.78, 5) is 0. The molecule has 0 amide bonds. The Labute approximate surface area is 114 Å². The lowest BCUT2D eigenvalue weighted by atomic mass is 9.69. The van der Waals surface area contributed by atoms with Gasteiger partial charge in [-0.2, -0.15) is 0 Å². The summed E-state index contributed by atoms with van der Waals surface area (Å²) in [7, 11) is 0. The summed E-state index contributed by atoms with van der Waals surface area (Å²) in [5, 5.41) is 7.19. The molecule has 0 heterocycles. The lowest BCUT2D eigenvalue weighted by molar-refractivity contribution is 0.136. The second-order valence-corrected chi connectivity index (χ2v) is 7.67. The van der Waals surface area contributed by atoms with Crippen molar-refractivity contribution in [3.63, 3.8) is 0 Å². The van der Waals surface area contributed by atoms with Crippen LogP contribution in [-0.2, 0) is 0 Å². The van der Waals surface area contributed by atoms with E-state index in [2.05, 4.69) is 45.3 Å². The number of nitrogens with one attached hydrogen (secondary N) is 2. The molecule has 1 rings (SSSR count). The van der Waals surface area contributed by atoms with Crippen LogP contribution in [0, 0.1) is 11.3 Å². The molecule has 0 aromatic rings. The summed E-state index contributed by atoms with van der Waals surface area (Å²) < 4.78 is 0. The molecule has 0 aliphatic heterocycles. The highest BCUT2D eigenvalue weighted by molar-refractivity contribution is 4.83. The molecule has 0 radical (unpaired) electrons. The van der Waals surface area contributed by atoms with Crippen molar-refractivity contribution in [3.8, 4) is 0 Å². The first kappa shape index (κ1) is 16.0. The van der Waals surface area contributed by atoms with Crippen LogP contribution in [0.3, 0.4) is 0 Å². The van der Waals surface area contributed by atoms with E-state index in [0.29, 0.717) is 5.41 Å². The molecule has 108 valence electrons. The molecule has 0 saturated heterocycles. The minimum absolute atomic E-state index is 0.255. The molecule has 18 heavy (non-hydrogen) atoms. The van der Waals surface area contributed by atoms with E-state index in [1.165, 1.54) is 38.6 Å². The van der Waals surface area contributed by atoms with Crippen LogP contribution in [0.5, 0.6) is 0 Å². The molecule has 1 unspecified atom stereocenters. The van der Waals surface area contributed by atoms with E-state index < -0.39 is 0 Å². The summed E-state index contributed by atoms with van der Waals surface area (Å²) in [6.07, 6.45) is 6.91. The lowest BCUT2D eigenvalue weighted by Gasteiger charge is -2.39. The minimum Gasteiger partial charge on any atom is -0.316 e. The summed E-state index contributed by atoms with van der Waals surface area (Å²) in [5.74, 6) is 0.877. The van der Waals surface area contributed by atoms with Crippen LogP contribution in [0.15, 0.2) is 0 Å². The molecule has 0 aromatic heterocycles. The third kappa shape index (κ3) is 6.19. The average Bonchev–Trinajstić information content (AvgIpc) is 2.23.